The van der Waals surface area contributed by atoms with Crippen LogP contribution in [0.25, 0.3) is 0 Å². The predicted molar refractivity (Wildman–Crippen MR) is 109 cm³/mol. The Morgan fingerprint density at radius 2 is 1.77 bits per heavy atom. The number of allylic oxidation sites excluding steroid dienone is 2. The van der Waals surface area contributed by atoms with Crippen LogP contribution in [0.15, 0.2) is 46.8 Å². The van der Waals surface area contributed by atoms with Crippen molar-refractivity contribution in [3.05, 3.63) is 62.5 Å². The van der Waals surface area contributed by atoms with Gasteiger partial charge in [0.15, 0.2) is 0 Å². The summed E-state index contributed by atoms with van der Waals surface area (Å²) < 4.78 is 5.07. The molecule has 0 bridgehead atoms. The molecule has 0 radical (unpaired) electrons. The first-order valence-electron chi connectivity index (χ1n) is 9.52. The SMILES string of the molecule is COCCCC(C)N1C(C)=C(C(=O)O)C(c2cccc([N+](=O)[O-])c2)C(C(=O)O)=C1C. The Labute approximate surface area is 174 Å². The van der Waals surface area contributed by atoms with Gasteiger partial charge in [0.25, 0.3) is 5.69 Å². The van der Waals surface area contributed by atoms with E-state index in [0.717, 1.165) is 6.42 Å². The topological polar surface area (TPSA) is 130 Å². The van der Waals surface area contributed by atoms with E-state index >= 15 is 0 Å². The number of carboxylic acid groups (broad SMARTS) is 2. The van der Waals surface area contributed by atoms with Crippen molar-refractivity contribution in [2.24, 2.45) is 0 Å². The molecule has 1 atom stereocenters. The molecule has 1 heterocycles. The highest BCUT2D eigenvalue weighted by Gasteiger charge is 2.40. The van der Waals surface area contributed by atoms with Gasteiger partial charge >= 0.3 is 11.9 Å². The standard InChI is InChI=1S/C21H26N2O7/c1-12(7-6-10-30-4)22-13(2)17(20(24)25)19(18(14(22)3)21(26)27)15-8-5-9-16(11-15)23(28)29/h5,8-9,11-12,19H,6-7,10H2,1-4H3,(H,24,25)(H,26,27). The van der Waals surface area contributed by atoms with Crippen molar-refractivity contribution in [2.75, 3.05) is 13.7 Å². The number of hydrogen-bond donors (Lipinski definition) is 2. The number of nitro groups is 1. The highest BCUT2D eigenvalue weighted by molar-refractivity contribution is 5.98. The minimum atomic E-state index is -1.26. The first kappa shape index (κ1) is 23.1. The smallest absolute Gasteiger partial charge is 0.334 e. The average Bonchev–Trinajstić information content (AvgIpc) is 2.67. The lowest BCUT2D eigenvalue weighted by Gasteiger charge is -2.40. The van der Waals surface area contributed by atoms with E-state index in [9.17, 15) is 29.9 Å². The van der Waals surface area contributed by atoms with Gasteiger partial charge in [0.05, 0.1) is 22.0 Å². The van der Waals surface area contributed by atoms with E-state index in [-0.39, 0.29) is 28.4 Å². The summed E-state index contributed by atoms with van der Waals surface area (Å²) in [5.41, 5.74) is 0.670. The molecule has 0 aliphatic carbocycles. The van der Waals surface area contributed by atoms with Gasteiger partial charge in [0.1, 0.15) is 0 Å². The van der Waals surface area contributed by atoms with Crippen LogP contribution in [0.1, 0.15) is 45.1 Å². The molecule has 1 aromatic carbocycles. The zero-order valence-corrected chi connectivity index (χ0v) is 17.4. The van der Waals surface area contributed by atoms with Crippen LogP contribution in [0.2, 0.25) is 0 Å². The lowest BCUT2D eigenvalue weighted by atomic mass is 9.79. The number of carboxylic acids is 2. The summed E-state index contributed by atoms with van der Waals surface area (Å²) in [6.45, 7) is 5.72. The summed E-state index contributed by atoms with van der Waals surface area (Å²) in [6, 6.07) is 5.30. The van der Waals surface area contributed by atoms with Gasteiger partial charge in [-0.15, -0.1) is 0 Å². The summed E-state index contributed by atoms with van der Waals surface area (Å²) in [5.74, 6) is -3.64. The second-order valence-electron chi connectivity index (χ2n) is 7.25. The minimum Gasteiger partial charge on any atom is -0.478 e. The number of ether oxygens (including phenoxy) is 1. The second-order valence-corrected chi connectivity index (χ2v) is 7.25. The number of nitro benzene ring substituents is 1. The van der Waals surface area contributed by atoms with Gasteiger partial charge in [-0.05, 0) is 39.2 Å². The first-order chi connectivity index (χ1) is 14.1. The van der Waals surface area contributed by atoms with Crippen molar-refractivity contribution in [2.45, 2.75) is 45.6 Å². The number of non-ortho nitro benzene ring substituents is 1. The Balaban J connectivity index is 2.67. The summed E-state index contributed by atoms with van der Waals surface area (Å²) in [5, 5.41) is 31.1. The quantitative estimate of drug-likeness (QED) is 0.354. The maximum atomic E-state index is 12.2. The largest absolute Gasteiger partial charge is 0.478 e. The van der Waals surface area contributed by atoms with Crippen molar-refractivity contribution in [3.63, 3.8) is 0 Å². The molecule has 0 spiro atoms. The van der Waals surface area contributed by atoms with E-state index in [2.05, 4.69) is 0 Å². The van der Waals surface area contributed by atoms with Gasteiger partial charge in [-0.1, -0.05) is 12.1 Å². The molecule has 0 aromatic heterocycles. The van der Waals surface area contributed by atoms with Crippen LogP contribution in [-0.2, 0) is 14.3 Å². The number of rotatable bonds is 9. The first-order valence-corrected chi connectivity index (χ1v) is 9.52. The van der Waals surface area contributed by atoms with Crippen molar-refractivity contribution in [3.8, 4) is 0 Å². The van der Waals surface area contributed by atoms with Crippen molar-refractivity contribution in [1.29, 1.82) is 0 Å². The number of hydrogen-bond acceptors (Lipinski definition) is 6. The molecule has 0 fully saturated rings. The van der Waals surface area contributed by atoms with Crippen LogP contribution in [0.3, 0.4) is 0 Å². The number of methoxy groups -OCH3 is 1. The van der Waals surface area contributed by atoms with E-state index in [1.165, 1.54) is 24.3 Å². The van der Waals surface area contributed by atoms with Crippen LogP contribution in [0.4, 0.5) is 5.69 Å². The third-order valence-electron chi connectivity index (χ3n) is 5.37. The fourth-order valence-corrected chi connectivity index (χ4v) is 4.09. The second kappa shape index (κ2) is 9.53. The monoisotopic (exact) mass is 418 g/mol. The molecule has 9 heteroatoms. The third-order valence-corrected chi connectivity index (χ3v) is 5.37. The van der Waals surface area contributed by atoms with Gasteiger partial charge in [-0.3, -0.25) is 10.1 Å². The zero-order valence-electron chi connectivity index (χ0n) is 17.4. The van der Waals surface area contributed by atoms with E-state index < -0.39 is 22.8 Å². The van der Waals surface area contributed by atoms with Crippen LogP contribution in [-0.4, -0.2) is 51.7 Å². The minimum absolute atomic E-state index is 0.0999. The maximum Gasteiger partial charge on any atom is 0.334 e. The molecule has 30 heavy (non-hydrogen) atoms. The zero-order chi connectivity index (χ0) is 22.6. The molecule has 0 saturated heterocycles. The van der Waals surface area contributed by atoms with Gasteiger partial charge in [-0.25, -0.2) is 9.59 Å². The molecule has 1 unspecified atom stereocenters. The number of aliphatic carboxylic acids is 2. The number of carbonyl (C=O) groups is 2. The van der Waals surface area contributed by atoms with Crippen molar-refractivity contribution < 1.29 is 29.5 Å². The molecule has 2 rings (SSSR count). The Bertz CT molecular complexity index is 882. The molecule has 1 aliphatic rings. The highest BCUT2D eigenvalue weighted by Crippen LogP contribution is 2.43. The summed E-state index contributed by atoms with van der Waals surface area (Å²) >= 11 is 0. The van der Waals surface area contributed by atoms with Crippen LogP contribution in [0.5, 0.6) is 0 Å². The lowest BCUT2D eigenvalue weighted by Crippen LogP contribution is -2.39. The number of benzene rings is 1. The molecule has 2 N–H and O–H groups in total. The number of nitrogens with zero attached hydrogens (tertiary/aromatic N) is 2. The van der Waals surface area contributed by atoms with Crippen molar-refractivity contribution >= 4 is 17.6 Å². The summed E-state index contributed by atoms with van der Waals surface area (Å²) in [7, 11) is 1.59. The normalized spacial score (nSPS) is 16.1. The maximum absolute atomic E-state index is 12.2. The Kier molecular flexibility index (Phi) is 7.33. The van der Waals surface area contributed by atoms with Crippen molar-refractivity contribution in [1.82, 2.24) is 4.90 Å². The Hall–Kier alpha value is -3.20. The van der Waals surface area contributed by atoms with Gasteiger partial charge < -0.3 is 19.8 Å². The molecule has 9 nitrogen and oxygen atoms in total. The summed E-state index contributed by atoms with van der Waals surface area (Å²) in [6.07, 6.45) is 1.40. The third kappa shape index (κ3) is 4.51. The molecular formula is C21H26N2O7. The molecule has 1 aliphatic heterocycles. The molecule has 162 valence electrons. The molecule has 0 saturated carbocycles. The fourth-order valence-electron chi connectivity index (χ4n) is 4.09. The predicted octanol–water partition coefficient (Wildman–Crippen LogP) is 3.53. The van der Waals surface area contributed by atoms with Gasteiger partial charge in [-0.2, -0.15) is 0 Å². The van der Waals surface area contributed by atoms with E-state index in [4.69, 9.17) is 4.74 Å². The molecule has 1 aromatic rings. The van der Waals surface area contributed by atoms with E-state index in [1.807, 2.05) is 6.92 Å². The van der Waals surface area contributed by atoms with Gasteiger partial charge in [0, 0.05) is 43.3 Å². The van der Waals surface area contributed by atoms with Crippen LogP contribution < -0.4 is 0 Å². The summed E-state index contributed by atoms with van der Waals surface area (Å²) in [4.78, 5) is 36.8. The van der Waals surface area contributed by atoms with E-state index in [0.29, 0.717) is 24.4 Å². The van der Waals surface area contributed by atoms with E-state index in [1.54, 1.807) is 25.9 Å². The highest BCUT2D eigenvalue weighted by atomic mass is 16.6. The average molecular weight is 418 g/mol. The Morgan fingerprint density at radius 3 is 2.23 bits per heavy atom. The molecule has 0 amide bonds. The molecular weight excluding hydrogens is 392 g/mol. The Morgan fingerprint density at radius 1 is 1.20 bits per heavy atom. The van der Waals surface area contributed by atoms with Crippen LogP contribution >= 0.6 is 0 Å². The van der Waals surface area contributed by atoms with Gasteiger partial charge in [0.2, 0.25) is 0 Å². The van der Waals surface area contributed by atoms with Crippen LogP contribution in [0, 0.1) is 10.1 Å². The fraction of sp³-hybridized carbons (Fsp3) is 0.429. The lowest BCUT2D eigenvalue weighted by molar-refractivity contribution is -0.384.